The highest BCUT2D eigenvalue weighted by atomic mass is 19.1. The Morgan fingerprint density at radius 3 is 2.50 bits per heavy atom. The number of amides is 1. The SMILES string of the molecule is CCOc1cc(C=O)c(F)c(OC2CCN(C(=O)OC(C)(C)C)CC2)c1. The molecule has 1 aromatic carbocycles. The van der Waals surface area contributed by atoms with E-state index in [4.69, 9.17) is 14.2 Å². The summed E-state index contributed by atoms with van der Waals surface area (Å²) in [5, 5.41) is 0. The van der Waals surface area contributed by atoms with E-state index in [-0.39, 0.29) is 23.5 Å². The quantitative estimate of drug-likeness (QED) is 0.741. The zero-order chi connectivity index (χ0) is 19.3. The number of rotatable bonds is 5. The molecule has 0 aliphatic carbocycles. The van der Waals surface area contributed by atoms with Crippen molar-refractivity contribution in [3.8, 4) is 11.5 Å². The van der Waals surface area contributed by atoms with Gasteiger partial charge in [-0.2, -0.15) is 0 Å². The lowest BCUT2D eigenvalue weighted by atomic mass is 10.1. The van der Waals surface area contributed by atoms with E-state index in [2.05, 4.69) is 0 Å². The van der Waals surface area contributed by atoms with Crippen molar-refractivity contribution in [3.63, 3.8) is 0 Å². The molecule has 26 heavy (non-hydrogen) atoms. The summed E-state index contributed by atoms with van der Waals surface area (Å²) in [4.78, 5) is 24.8. The molecule has 1 aromatic rings. The van der Waals surface area contributed by atoms with Crippen LogP contribution in [0.2, 0.25) is 0 Å². The van der Waals surface area contributed by atoms with E-state index in [0.717, 1.165) is 0 Å². The fraction of sp³-hybridized carbons (Fsp3) is 0.579. The average molecular weight is 367 g/mol. The number of carbonyl (C=O) groups excluding carboxylic acids is 2. The van der Waals surface area contributed by atoms with Crippen LogP contribution in [0.3, 0.4) is 0 Å². The van der Waals surface area contributed by atoms with Crippen molar-refractivity contribution in [3.05, 3.63) is 23.5 Å². The first-order valence-corrected chi connectivity index (χ1v) is 8.79. The second kappa shape index (κ2) is 8.38. The molecule has 0 saturated carbocycles. The average Bonchev–Trinajstić information content (AvgIpc) is 2.57. The summed E-state index contributed by atoms with van der Waals surface area (Å²) >= 11 is 0. The summed E-state index contributed by atoms with van der Waals surface area (Å²) in [6, 6.07) is 2.80. The molecular formula is C19H26FNO5. The molecule has 1 saturated heterocycles. The van der Waals surface area contributed by atoms with Crippen LogP contribution in [0.1, 0.15) is 50.9 Å². The maximum Gasteiger partial charge on any atom is 0.410 e. The predicted octanol–water partition coefficient (Wildman–Crippen LogP) is 3.82. The van der Waals surface area contributed by atoms with Crippen LogP contribution in [0.5, 0.6) is 11.5 Å². The lowest BCUT2D eigenvalue weighted by Crippen LogP contribution is -2.44. The highest BCUT2D eigenvalue weighted by molar-refractivity contribution is 5.77. The molecule has 2 rings (SSSR count). The van der Waals surface area contributed by atoms with E-state index in [1.54, 1.807) is 11.8 Å². The van der Waals surface area contributed by atoms with Gasteiger partial charge in [0.2, 0.25) is 0 Å². The van der Waals surface area contributed by atoms with Crippen LogP contribution in [0, 0.1) is 5.82 Å². The second-order valence-corrected chi connectivity index (χ2v) is 7.16. The van der Waals surface area contributed by atoms with Crippen LogP contribution in [-0.4, -0.2) is 48.7 Å². The van der Waals surface area contributed by atoms with Gasteiger partial charge in [0.15, 0.2) is 17.9 Å². The number of nitrogens with zero attached hydrogens (tertiary/aromatic N) is 1. The van der Waals surface area contributed by atoms with E-state index in [1.807, 2.05) is 20.8 Å². The van der Waals surface area contributed by atoms with Crippen molar-refractivity contribution in [1.29, 1.82) is 0 Å². The standard InChI is InChI=1S/C19H26FNO5/c1-5-24-15-10-13(12-22)17(20)16(11-15)25-14-6-8-21(9-7-14)18(23)26-19(2,3)4/h10-12,14H,5-9H2,1-4H3. The number of aldehydes is 1. The van der Waals surface area contributed by atoms with E-state index in [9.17, 15) is 14.0 Å². The van der Waals surface area contributed by atoms with Crippen molar-refractivity contribution in [2.24, 2.45) is 0 Å². The molecule has 0 radical (unpaired) electrons. The maximum atomic E-state index is 14.3. The normalized spacial score (nSPS) is 15.5. The molecule has 0 spiro atoms. The molecule has 144 valence electrons. The molecule has 1 amide bonds. The Balaban J connectivity index is 2.00. The number of ether oxygens (including phenoxy) is 3. The minimum Gasteiger partial charge on any atom is -0.494 e. The van der Waals surface area contributed by atoms with Crippen molar-refractivity contribution in [2.75, 3.05) is 19.7 Å². The Morgan fingerprint density at radius 1 is 1.31 bits per heavy atom. The maximum absolute atomic E-state index is 14.3. The first-order valence-electron chi connectivity index (χ1n) is 8.79. The minimum absolute atomic E-state index is 0.00577. The fourth-order valence-corrected chi connectivity index (χ4v) is 2.68. The second-order valence-electron chi connectivity index (χ2n) is 7.16. The third-order valence-corrected chi connectivity index (χ3v) is 3.87. The summed E-state index contributed by atoms with van der Waals surface area (Å²) in [6.07, 6.45) is 0.931. The molecule has 0 atom stereocenters. The molecule has 6 nitrogen and oxygen atoms in total. The molecule has 1 aliphatic rings. The summed E-state index contributed by atoms with van der Waals surface area (Å²) in [7, 11) is 0. The zero-order valence-electron chi connectivity index (χ0n) is 15.7. The van der Waals surface area contributed by atoms with Crippen LogP contribution in [0.15, 0.2) is 12.1 Å². The van der Waals surface area contributed by atoms with Crippen molar-refractivity contribution < 1.29 is 28.2 Å². The van der Waals surface area contributed by atoms with Gasteiger partial charge in [-0.25, -0.2) is 9.18 Å². The van der Waals surface area contributed by atoms with Crippen LogP contribution in [-0.2, 0) is 4.74 Å². The predicted molar refractivity (Wildman–Crippen MR) is 94.4 cm³/mol. The number of halogens is 1. The van der Waals surface area contributed by atoms with E-state index < -0.39 is 11.4 Å². The molecule has 7 heteroatoms. The summed E-state index contributed by atoms with van der Waals surface area (Å²) in [5.74, 6) is -0.316. The minimum atomic E-state index is -0.696. The fourth-order valence-electron chi connectivity index (χ4n) is 2.68. The van der Waals surface area contributed by atoms with Gasteiger partial charge in [0.05, 0.1) is 12.2 Å². The van der Waals surface area contributed by atoms with Crippen LogP contribution < -0.4 is 9.47 Å². The number of hydrogen-bond acceptors (Lipinski definition) is 5. The molecule has 0 unspecified atom stereocenters. The molecule has 0 bridgehead atoms. The van der Waals surface area contributed by atoms with E-state index in [0.29, 0.717) is 44.6 Å². The van der Waals surface area contributed by atoms with Gasteiger partial charge in [0.1, 0.15) is 17.5 Å². The third-order valence-electron chi connectivity index (χ3n) is 3.87. The molecule has 0 aromatic heterocycles. The van der Waals surface area contributed by atoms with Crippen LogP contribution in [0.25, 0.3) is 0 Å². The largest absolute Gasteiger partial charge is 0.494 e. The Kier molecular flexibility index (Phi) is 6.45. The van der Waals surface area contributed by atoms with E-state index in [1.165, 1.54) is 12.1 Å². The Morgan fingerprint density at radius 2 is 1.96 bits per heavy atom. The lowest BCUT2D eigenvalue weighted by Gasteiger charge is -2.33. The van der Waals surface area contributed by atoms with Gasteiger partial charge in [0.25, 0.3) is 0 Å². The summed E-state index contributed by atoms with van der Waals surface area (Å²) < 4.78 is 30.8. The van der Waals surface area contributed by atoms with E-state index >= 15 is 0 Å². The number of benzene rings is 1. The molecule has 0 N–H and O–H groups in total. The van der Waals surface area contributed by atoms with Gasteiger partial charge in [-0.05, 0) is 33.8 Å². The number of hydrogen-bond donors (Lipinski definition) is 0. The van der Waals surface area contributed by atoms with Gasteiger partial charge in [0, 0.05) is 32.0 Å². The summed E-state index contributed by atoms with van der Waals surface area (Å²) in [5.41, 5.74) is -0.643. The van der Waals surface area contributed by atoms with Crippen LogP contribution >= 0.6 is 0 Å². The van der Waals surface area contributed by atoms with Gasteiger partial charge < -0.3 is 19.1 Å². The Bertz CT molecular complexity index is 648. The zero-order valence-corrected chi connectivity index (χ0v) is 15.7. The lowest BCUT2D eigenvalue weighted by molar-refractivity contribution is 0.0123. The Hall–Kier alpha value is -2.31. The number of carbonyl (C=O) groups is 2. The van der Waals surface area contributed by atoms with Crippen LogP contribution in [0.4, 0.5) is 9.18 Å². The van der Waals surface area contributed by atoms with Crippen molar-refractivity contribution in [1.82, 2.24) is 4.90 Å². The summed E-state index contributed by atoms with van der Waals surface area (Å²) in [6.45, 7) is 8.59. The first-order chi connectivity index (χ1) is 12.2. The molecule has 1 aliphatic heterocycles. The van der Waals surface area contributed by atoms with Gasteiger partial charge >= 0.3 is 6.09 Å². The molecule has 1 heterocycles. The third kappa shape index (κ3) is 5.34. The highest BCUT2D eigenvalue weighted by Crippen LogP contribution is 2.29. The highest BCUT2D eigenvalue weighted by Gasteiger charge is 2.28. The van der Waals surface area contributed by atoms with Crippen molar-refractivity contribution >= 4 is 12.4 Å². The molecular weight excluding hydrogens is 341 g/mol. The topological polar surface area (TPSA) is 65.1 Å². The van der Waals surface area contributed by atoms with Gasteiger partial charge in [-0.3, -0.25) is 4.79 Å². The van der Waals surface area contributed by atoms with Gasteiger partial charge in [-0.1, -0.05) is 0 Å². The number of likely N-dealkylation sites (tertiary alicyclic amines) is 1. The first kappa shape index (κ1) is 20.0. The smallest absolute Gasteiger partial charge is 0.410 e. The number of piperidine rings is 1. The molecule has 1 fully saturated rings. The Labute approximate surface area is 153 Å². The van der Waals surface area contributed by atoms with Crippen molar-refractivity contribution in [2.45, 2.75) is 52.2 Å². The van der Waals surface area contributed by atoms with Gasteiger partial charge in [-0.15, -0.1) is 0 Å². The monoisotopic (exact) mass is 367 g/mol.